The first-order valence-corrected chi connectivity index (χ1v) is 5.45. The predicted octanol–water partition coefficient (Wildman–Crippen LogP) is 0.227. The lowest BCUT2D eigenvalue weighted by atomic mass is 10.2. The van der Waals surface area contributed by atoms with E-state index >= 15 is 0 Å². The van der Waals surface area contributed by atoms with Crippen LogP contribution in [0, 0.1) is 0 Å². The van der Waals surface area contributed by atoms with Gasteiger partial charge in [-0.05, 0) is 24.6 Å². The molecule has 0 aliphatic carbocycles. The Morgan fingerprint density at radius 2 is 2.22 bits per heavy atom. The van der Waals surface area contributed by atoms with Gasteiger partial charge < -0.3 is 20.9 Å². The number of ether oxygens (including phenoxy) is 1. The van der Waals surface area contributed by atoms with Crippen molar-refractivity contribution in [3.63, 3.8) is 0 Å². The first-order valence-electron chi connectivity index (χ1n) is 5.45. The number of nitrogens with one attached hydrogen (secondary N) is 1. The minimum atomic E-state index is -1.08. The van der Waals surface area contributed by atoms with Gasteiger partial charge >= 0.3 is 5.97 Å². The van der Waals surface area contributed by atoms with E-state index < -0.39 is 12.0 Å². The summed E-state index contributed by atoms with van der Waals surface area (Å²) in [5, 5.41) is 11.2. The molecule has 6 nitrogen and oxygen atoms in total. The van der Waals surface area contributed by atoms with Crippen LogP contribution in [0.2, 0.25) is 0 Å². The van der Waals surface area contributed by atoms with Crippen LogP contribution >= 0.6 is 0 Å². The molecule has 1 rings (SSSR count). The van der Waals surface area contributed by atoms with E-state index in [-0.39, 0.29) is 18.9 Å². The molecule has 0 bridgehead atoms. The molecule has 6 heteroatoms. The highest BCUT2D eigenvalue weighted by Gasteiger charge is 2.12. The normalized spacial score (nSPS) is 11.7. The Morgan fingerprint density at radius 3 is 2.83 bits per heavy atom. The summed E-state index contributed by atoms with van der Waals surface area (Å²) in [6, 6.07) is 5.73. The highest BCUT2D eigenvalue weighted by molar-refractivity contribution is 5.94. The third kappa shape index (κ3) is 4.06. The molecule has 0 aromatic heterocycles. The van der Waals surface area contributed by atoms with Crippen LogP contribution in [0.25, 0.3) is 0 Å². The van der Waals surface area contributed by atoms with Gasteiger partial charge in [0.2, 0.25) is 0 Å². The third-order valence-electron chi connectivity index (χ3n) is 2.39. The van der Waals surface area contributed by atoms with Gasteiger partial charge in [0.1, 0.15) is 11.8 Å². The van der Waals surface area contributed by atoms with Crippen molar-refractivity contribution in [2.45, 2.75) is 12.5 Å². The Kier molecular flexibility index (Phi) is 5.13. The quantitative estimate of drug-likeness (QED) is 0.672. The SMILES string of the molecule is COc1cccc(C(=O)NCCC(N)C(=O)O)c1. The van der Waals surface area contributed by atoms with Crippen molar-refractivity contribution in [3.05, 3.63) is 29.8 Å². The van der Waals surface area contributed by atoms with Crippen LogP contribution in [0.3, 0.4) is 0 Å². The van der Waals surface area contributed by atoms with E-state index in [1.807, 2.05) is 0 Å². The van der Waals surface area contributed by atoms with E-state index in [1.165, 1.54) is 7.11 Å². The molecule has 1 aromatic rings. The number of carbonyl (C=O) groups excluding carboxylic acids is 1. The summed E-state index contributed by atoms with van der Waals surface area (Å²) < 4.78 is 5.00. The van der Waals surface area contributed by atoms with Gasteiger partial charge in [-0.2, -0.15) is 0 Å². The van der Waals surface area contributed by atoms with Gasteiger partial charge in [0.05, 0.1) is 7.11 Å². The molecule has 1 aromatic carbocycles. The number of amides is 1. The summed E-state index contributed by atoms with van der Waals surface area (Å²) in [5.74, 6) is -0.776. The van der Waals surface area contributed by atoms with Crippen molar-refractivity contribution in [3.8, 4) is 5.75 Å². The Hall–Kier alpha value is -2.08. The predicted molar refractivity (Wildman–Crippen MR) is 65.6 cm³/mol. The number of nitrogens with two attached hydrogens (primary N) is 1. The number of carboxylic acids is 1. The van der Waals surface area contributed by atoms with Crippen molar-refractivity contribution >= 4 is 11.9 Å². The summed E-state index contributed by atoms with van der Waals surface area (Å²) in [5.41, 5.74) is 5.77. The molecular weight excluding hydrogens is 236 g/mol. The van der Waals surface area contributed by atoms with Gasteiger partial charge in [-0.3, -0.25) is 9.59 Å². The average Bonchev–Trinajstić information content (AvgIpc) is 2.38. The van der Waals surface area contributed by atoms with Gasteiger partial charge in [-0.25, -0.2) is 0 Å². The molecule has 1 amide bonds. The molecule has 0 heterocycles. The summed E-state index contributed by atoms with van der Waals surface area (Å²) >= 11 is 0. The van der Waals surface area contributed by atoms with Crippen LogP contribution in [-0.2, 0) is 4.79 Å². The fraction of sp³-hybridized carbons (Fsp3) is 0.333. The maximum absolute atomic E-state index is 11.7. The largest absolute Gasteiger partial charge is 0.497 e. The van der Waals surface area contributed by atoms with Crippen LogP contribution in [0.15, 0.2) is 24.3 Å². The van der Waals surface area contributed by atoms with Crippen molar-refractivity contribution < 1.29 is 19.4 Å². The van der Waals surface area contributed by atoms with Crippen LogP contribution < -0.4 is 15.8 Å². The van der Waals surface area contributed by atoms with Crippen molar-refractivity contribution in [2.24, 2.45) is 5.73 Å². The zero-order valence-corrected chi connectivity index (χ0v) is 10.1. The average molecular weight is 252 g/mol. The molecule has 0 saturated carbocycles. The Labute approximate surface area is 105 Å². The third-order valence-corrected chi connectivity index (χ3v) is 2.39. The van der Waals surface area contributed by atoms with Gasteiger partial charge in [0, 0.05) is 12.1 Å². The fourth-order valence-electron chi connectivity index (χ4n) is 1.33. The second-order valence-corrected chi connectivity index (χ2v) is 3.72. The lowest BCUT2D eigenvalue weighted by molar-refractivity contribution is -0.138. The van der Waals surface area contributed by atoms with E-state index in [2.05, 4.69) is 5.32 Å². The first kappa shape index (κ1) is 14.0. The van der Waals surface area contributed by atoms with Crippen LogP contribution in [0.4, 0.5) is 0 Å². The van der Waals surface area contributed by atoms with Crippen LogP contribution in [-0.4, -0.2) is 36.7 Å². The standard InChI is InChI=1S/C12H16N2O4/c1-18-9-4-2-3-8(7-9)11(15)14-6-5-10(13)12(16)17/h2-4,7,10H,5-6,13H2,1H3,(H,14,15)(H,16,17). The topological polar surface area (TPSA) is 102 Å². The summed E-state index contributed by atoms with van der Waals surface area (Å²) in [6.07, 6.45) is 0.186. The smallest absolute Gasteiger partial charge is 0.320 e. The molecule has 0 radical (unpaired) electrons. The molecule has 98 valence electrons. The second-order valence-electron chi connectivity index (χ2n) is 3.72. The number of hydrogen-bond acceptors (Lipinski definition) is 4. The number of benzene rings is 1. The van der Waals surface area contributed by atoms with Gasteiger partial charge in [-0.1, -0.05) is 6.07 Å². The molecule has 0 spiro atoms. The number of methoxy groups -OCH3 is 1. The second kappa shape index (κ2) is 6.61. The number of hydrogen-bond donors (Lipinski definition) is 3. The zero-order chi connectivity index (χ0) is 13.5. The van der Waals surface area contributed by atoms with E-state index in [0.717, 1.165) is 0 Å². The summed E-state index contributed by atoms with van der Waals surface area (Å²) in [6.45, 7) is 0.212. The molecule has 18 heavy (non-hydrogen) atoms. The number of aliphatic carboxylic acids is 1. The van der Waals surface area contributed by atoms with Crippen molar-refractivity contribution in [1.29, 1.82) is 0 Å². The highest BCUT2D eigenvalue weighted by Crippen LogP contribution is 2.12. The monoisotopic (exact) mass is 252 g/mol. The molecule has 0 aliphatic heterocycles. The maximum Gasteiger partial charge on any atom is 0.320 e. The first-order chi connectivity index (χ1) is 8.54. The minimum absolute atomic E-state index is 0.186. The number of carboxylic acid groups (broad SMARTS) is 1. The highest BCUT2D eigenvalue weighted by atomic mass is 16.5. The summed E-state index contributed by atoms with van der Waals surface area (Å²) in [7, 11) is 1.52. The van der Waals surface area contributed by atoms with Gasteiger partial charge in [0.25, 0.3) is 5.91 Å². The maximum atomic E-state index is 11.7. The lowest BCUT2D eigenvalue weighted by Gasteiger charge is -2.08. The Balaban J connectivity index is 2.47. The Bertz CT molecular complexity index is 434. The summed E-state index contributed by atoms with van der Waals surface area (Å²) in [4.78, 5) is 22.2. The van der Waals surface area contributed by atoms with Gasteiger partial charge in [0.15, 0.2) is 0 Å². The van der Waals surface area contributed by atoms with E-state index in [9.17, 15) is 9.59 Å². The van der Waals surface area contributed by atoms with Crippen molar-refractivity contribution in [1.82, 2.24) is 5.32 Å². The fourth-order valence-corrected chi connectivity index (χ4v) is 1.33. The molecule has 1 unspecified atom stereocenters. The number of carbonyl (C=O) groups is 2. The molecule has 0 saturated heterocycles. The van der Waals surface area contributed by atoms with Crippen molar-refractivity contribution in [2.75, 3.05) is 13.7 Å². The zero-order valence-electron chi connectivity index (χ0n) is 10.1. The molecule has 4 N–H and O–H groups in total. The molecule has 1 atom stereocenters. The molecular formula is C12H16N2O4. The van der Waals surface area contributed by atoms with Crippen LogP contribution in [0.5, 0.6) is 5.75 Å². The molecule has 0 fully saturated rings. The van der Waals surface area contributed by atoms with E-state index in [0.29, 0.717) is 11.3 Å². The van der Waals surface area contributed by atoms with E-state index in [4.69, 9.17) is 15.6 Å². The molecule has 0 aliphatic rings. The minimum Gasteiger partial charge on any atom is -0.497 e. The lowest BCUT2D eigenvalue weighted by Crippen LogP contribution is -2.35. The Morgan fingerprint density at radius 1 is 1.50 bits per heavy atom. The number of rotatable bonds is 6. The van der Waals surface area contributed by atoms with Crippen LogP contribution in [0.1, 0.15) is 16.8 Å². The van der Waals surface area contributed by atoms with E-state index in [1.54, 1.807) is 24.3 Å². The van der Waals surface area contributed by atoms with Gasteiger partial charge in [-0.15, -0.1) is 0 Å².